The van der Waals surface area contributed by atoms with Gasteiger partial charge in [-0.2, -0.15) is 0 Å². The molecule has 0 aliphatic carbocycles. The molecule has 7 heteroatoms. The average Bonchev–Trinajstić information content (AvgIpc) is 3.21. The molecule has 1 fully saturated rings. The molecule has 5 rings (SSSR count). The molecule has 4 aromatic rings. The third-order valence-electron chi connectivity index (χ3n) is 5.99. The maximum absolute atomic E-state index is 13.1. The van der Waals surface area contributed by atoms with E-state index in [0.29, 0.717) is 16.9 Å². The first-order valence-electron chi connectivity index (χ1n) is 10.7. The monoisotopic (exact) mass is 445 g/mol. The van der Waals surface area contributed by atoms with Crippen molar-refractivity contribution in [1.29, 1.82) is 0 Å². The molecular formula is C25H23N3O3S. The molecular weight excluding hydrogens is 422 g/mol. The zero-order valence-electron chi connectivity index (χ0n) is 17.5. The fourth-order valence-electron chi connectivity index (χ4n) is 4.24. The van der Waals surface area contributed by atoms with Crippen LogP contribution in [0, 0.1) is 5.92 Å². The van der Waals surface area contributed by atoms with Crippen LogP contribution in [-0.4, -0.2) is 23.9 Å². The number of nitrogens with two attached hydrogens (primary N) is 1. The van der Waals surface area contributed by atoms with E-state index in [1.807, 2.05) is 12.1 Å². The highest BCUT2D eigenvalue weighted by Gasteiger charge is 2.26. The SMILES string of the molecule is Nc1nc(N2CCC(Cc3ccccc3)CC2)sc1C(=O)c1cc2ccccc2oc1=O. The molecule has 0 spiro atoms. The molecule has 0 saturated carbocycles. The second-order valence-electron chi connectivity index (χ2n) is 8.15. The van der Waals surface area contributed by atoms with Crippen LogP contribution in [0.15, 0.2) is 69.9 Å². The number of aromatic nitrogens is 1. The Balaban J connectivity index is 1.32. The summed E-state index contributed by atoms with van der Waals surface area (Å²) in [5.74, 6) is 0.355. The third-order valence-corrected chi connectivity index (χ3v) is 7.12. The molecule has 2 aromatic carbocycles. The molecule has 1 aliphatic rings. The topological polar surface area (TPSA) is 89.4 Å². The zero-order valence-corrected chi connectivity index (χ0v) is 18.3. The Bertz CT molecular complexity index is 1320. The van der Waals surface area contributed by atoms with Crippen molar-refractivity contribution in [3.8, 4) is 0 Å². The lowest BCUT2D eigenvalue weighted by atomic mass is 9.90. The third kappa shape index (κ3) is 4.03. The van der Waals surface area contributed by atoms with Gasteiger partial charge >= 0.3 is 5.63 Å². The van der Waals surface area contributed by atoms with E-state index in [9.17, 15) is 9.59 Å². The van der Waals surface area contributed by atoms with Crippen molar-refractivity contribution in [3.05, 3.63) is 87.1 Å². The number of para-hydroxylation sites is 1. The summed E-state index contributed by atoms with van der Waals surface area (Å²) in [7, 11) is 0. The van der Waals surface area contributed by atoms with E-state index in [4.69, 9.17) is 10.2 Å². The summed E-state index contributed by atoms with van der Waals surface area (Å²) in [6.45, 7) is 1.74. The van der Waals surface area contributed by atoms with E-state index in [1.54, 1.807) is 24.3 Å². The first-order chi connectivity index (χ1) is 15.6. The van der Waals surface area contributed by atoms with Crippen LogP contribution in [0.25, 0.3) is 11.0 Å². The van der Waals surface area contributed by atoms with E-state index in [2.05, 4.69) is 34.1 Å². The Morgan fingerprint density at radius 2 is 1.81 bits per heavy atom. The quantitative estimate of drug-likeness (QED) is 0.359. The number of anilines is 2. The van der Waals surface area contributed by atoms with Gasteiger partial charge in [0.2, 0.25) is 5.78 Å². The van der Waals surface area contributed by atoms with Gasteiger partial charge in [0.25, 0.3) is 0 Å². The van der Waals surface area contributed by atoms with Crippen LogP contribution >= 0.6 is 11.3 Å². The number of rotatable bonds is 5. The Morgan fingerprint density at radius 1 is 1.09 bits per heavy atom. The number of hydrogen-bond donors (Lipinski definition) is 1. The van der Waals surface area contributed by atoms with E-state index >= 15 is 0 Å². The molecule has 1 aliphatic heterocycles. The van der Waals surface area contributed by atoms with Gasteiger partial charge in [0, 0.05) is 18.5 Å². The highest BCUT2D eigenvalue weighted by atomic mass is 32.1. The van der Waals surface area contributed by atoms with Gasteiger partial charge in [0.15, 0.2) is 5.13 Å². The minimum Gasteiger partial charge on any atom is -0.422 e. The summed E-state index contributed by atoms with van der Waals surface area (Å²) in [4.78, 5) is 32.4. The van der Waals surface area contributed by atoms with Crippen molar-refractivity contribution < 1.29 is 9.21 Å². The van der Waals surface area contributed by atoms with Gasteiger partial charge in [-0.1, -0.05) is 59.9 Å². The predicted octanol–water partition coefficient (Wildman–Crippen LogP) is 4.52. The van der Waals surface area contributed by atoms with Crippen LogP contribution in [0.1, 0.15) is 33.6 Å². The minimum atomic E-state index is -0.662. The van der Waals surface area contributed by atoms with Crippen molar-refractivity contribution >= 4 is 39.0 Å². The average molecular weight is 446 g/mol. The van der Waals surface area contributed by atoms with E-state index < -0.39 is 11.4 Å². The molecule has 162 valence electrons. The molecule has 0 amide bonds. The fraction of sp³-hybridized carbons (Fsp3) is 0.240. The van der Waals surface area contributed by atoms with E-state index in [0.717, 1.165) is 37.5 Å². The molecule has 3 heterocycles. The molecule has 0 bridgehead atoms. The van der Waals surface area contributed by atoms with Crippen LogP contribution in [0.3, 0.4) is 0 Å². The van der Waals surface area contributed by atoms with Crippen LogP contribution in [0.4, 0.5) is 10.9 Å². The maximum atomic E-state index is 13.1. The summed E-state index contributed by atoms with van der Waals surface area (Å²) < 4.78 is 5.32. The maximum Gasteiger partial charge on any atom is 0.347 e. The highest BCUT2D eigenvalue weighted by molar-refractivity contribution is 7.18. The zero-order chi connectivity index (χ0) is 22.1. The molecule has 0 radical (unpaired) electrons. The summed E-state index contributed by atoms with van der Waals surface area (Å²) in [5.41, 5.74) is 7.23. The van der Waals surface area contributed by atoms with Gasteiger partial charge in [-0.25, -0.2) is 9.78 Å². The summed E-state index contributed by atoms with van der Waals surface area (Å²) >= 11 is 1.25. The molecule has 0 unspecified atom stereocenters. The Morgan fingerprint density at radius 3 is 2.59 bits per heavy atom. The van der Waals surface area contributed by atoms with E-state index in [-0.39, 0.29) is 16.3 Å². The summed E-state index contributed by atoms with van der Waals surface area (Å²) in [5, 5.41) is 1.42. The van der Waals surface area contributed by atoms with Gasteiger partial charge in [-0.15, -0.1) is 0 Å². The number of piperidine rings is 1. The normalized spacial score (nSPS) is 14.7. The number of carbonyl (C=O) groups is 1. The number of benzene rings is 2. The fourth-order valence-corrected chi connectivity index (χ4v) is 5.23. The van der Waals surface area contributed by atoms with E-state index in [1.165, 1.54) is 16.9 Å². The van der Waals surface area contributed by atoms with Crippen LogP contribution < -0.4 is 16.3 Å². The van der Waals surface area contributed by atoms with Crippen LogP contribution in [0.2, 0.25) is 0 Å². The number of thiazole rings is 1. The standard InChI is InChI=1S/C25H23N3O3S/c26-23-22(21(29)19-15-18-8-4-5-9-20(18)31-24(19)30)32-25(27-23)28-12-10-17(11-13-28)14-16-6-2-1-3-7-16/h1-9,15,17H,10-14,26H2. The number of nitrogen functional groups attached to an aromatic ring is 1. The number of ketones is 1. The van der Waals surface area contributed by atoms with Gasteiger partial charge in [0.05, 0.1) is 0 Å². The number of nitrogens with zero attached hydrogens (tertiary/aromatic N) is 2. The van der Waals surface area contributed by atoms with Crippen molar-refractivity contribution in [3.63, 3.8) is 0 Å². The molecule has 0 atom stereocenters. The number of hydrogen-bond acceptors (Lipinski definition) is 7. The first-order valence-corrected chi connectivity index (χ1v) is 11.5. The van der Waals surface area contributed by atoms with Gasteiger partial charge in [-0.3, -0.25) is 4.79 Å². The van der Waals surface area contributed by atoms with Crippen LogP contribution in [-0.2, 0) is 6.42 Å². The second-order valence-corrected chi connectivity index (χ2v) is 9.12. The predicted molar refractivity (Wildman–Crippen MR) is 128 cm³/mol. The van der Waals surface area contributed by atoms with Crippen molar-refractivity contribution in [2.24, 2.45) is 5.92 Å². The molecule has 32 heavy (non-hydrogen) atoms. The minimum absolute atomic E-state index is 0.0211. The number of fused-ring (bicyclic) bond motifs is 1. The molecule has 1 saturated heterocycles. The first kappa shape index (κ1) is 20.5. The molecule has 2 N–H and O–H groups in total. The van der Waals surface area contributed by atoms with Crippen LogP contribution in [0.5, 0.6) is 0 Å². The lowest BCUT2D eigenvalue weighted by Gasteiger charge is -2.31. The van der Waals surface area contributed by atoms with Crippen molar-refractivity contribution in [1.82, 2.24) is 4.98 Å². The number of carbonyl (C=O) groups excluding carboxylic acids is 1. The smallest absolute Gasteiger partial charge is 0.347 e. The lowest BCUT2D eigenvalue weighted by molar-refractivity contribution is 0.104. The van der Waals surface area contributed by atoms with Crippen molar-refractivity contribution in [2.45, 2.75) is 19.3 Å². The van der Waals surface area contributed by atoms with Gasteiger partial charge in [0.1, 0.15) is 21.8 Å². The Hall–Kier alpha value is -3.45. The summed E-state index contributed by atoms with van der Waals surface area (Å²) in [6.07, 6.45) is 3.20. The Kier molecular flexibility index (Phi) is 5.49. The molecule has 6 nitrogen and oxygen atoms in total. The lowest BCUT2D eigenvalue weighted by Crippen LogP contribution is -2.34. The van der Waals surface area contributed by atoms with Gasteiger partial charge in [-0.05, 0) is 42.9 Å². The highest BCUT2D eigenvalue weighted by Crippen LogP contribution is 2.33. The Labute approximate surface area is 189 Å². The second kappa shape index (κ2) is 8.59. The molecule has 2 aromatic heterocycles. The summed E-state index contributed by atoms with van der Waals surface area (Å²) in [6, 6.07) is 19.2. The largest absolute Gasteiger partial charge is 0.422 e. The van der Waals surface area contributed by atoms with Crippen molar-refractivity contribution in [2.75, 3.05) is 23.7 Å². The van der Waals surface area contributed by atoms with Gasteiger partial charge < -0.3 is 15.1 Å².